The van der Waals surface area contributed by atoms with Crippen LogP contribution >= 0.6 is 0 Å². The largest absolute Gasteiger partial charge is 0.493 e. The highest BCUT2D eigenvalue weighted by molar-refractivity contribution is 5.31. The smallest absolute Gasteiger partial charge is 0.120 e. The van der Waals surface area contributed by atoms with Gasteiger partial charge in [0.25, 0.3) is 0 Å². The van der Waals surface area contributed by atoms with E-state index < -0.39 is 0 Å². The molecule has 2 bridgehead atoms. The molecule has 0 radical (unpaired) electrons. The second-order valence-electron chi connectivity index (χ2n) is 7.16. The number of hydrogen-bond acceptors (Lipinski definition) is 3. The molecule has 126 valence electrons. The zero-order chi connectivity index (χ0) is 16.2. The average molecular weight is 323 g/mol. The lowest BCUT2D eigenvalue weighted by molar-refractivity contribution is 0.107. The summed E-state index contributed by atoms with van der Waals surface area (Å²) in [5.74, 6) is 1.83. The zero-order valence-electron chi connectivity index (χ0n) is 14.1. The minimum Gasteiger partial charge on any atom is -0.493 e. The molecule has 2 heterocycles. The van der Waals surface area contributed by atoms with Gasteiger partial charge in [0.05, 0.1) is 6.61 Å². The Balaban J connectivity index is 1.29. The van der Waals surface area contributed by atoms with E-state index in [0.29, 0.717) is 12.0 Å². The van der Waals surface area contributed by atoms with Crippen molar-refractivity contribution in [1.29, 1.82) is 0 Å². The van der Waals surface area contributed by atoms with Crippen LogP contribution in [-0.4, -0.2) is 31.1 Å². The summed E-state index contributed by atoms with van der Waals surface area (Å²) in [6.45, 7) is 5.17. The molecular weight excluding hydrogens is 298 g/mol. The molecule has 2 atom stereocenters. The van der Waals surface area contributed by atoms with E-state index in [1.165, 1.54) is 44.5 Å². The number of nitrogens with zero attached hydrogens (tertiary/aromatic N) is 1. The molecule has 2 aliphatic rings. The van der Waals surface area contributed by atoms with Gasteiger partial charge in [-0.05, 0) is 62.2 Å². The van der Waals surface area contributed by atoms with Crippen LogP contribution in [-0.2, 0) is 6.61 Å². The van der Waals surface area contributed by atoms with Crippen molar-refractivity contribution in [1.82, 2.24) is 4.90 Å². The molecule has 0 N–H and O–H groups in total. The van der Waals surface area contributed by atoms with Gasteiger partial charge >= 0.3 is 0 Å². The minimum atomic E-state index is 0.390. The van der Waals surface area contributed by atoms with Crippen molar-refractivity contribution < 1.29 is 9.47 Å². The van der Waals surface area contributed by atoms with Gasteiger partial charge in [0.2, 0.25) is 0 Å². The van der Waals surface area contributed by atoms with Gasteiger partial charge in [0.15, 0.2) is 0 Å². The normalized spacial score (nSPS) is 25.4. The molecule has 2 aromatic carbocycles. The molecule has 2 aliphatic heterocycles. The molecule has 2 unspecified atom stereocenters. The fourth-order valence-electron chi connectivity index (χ4n) is 3.90. The first kappa shape index (κ1) is 15.5. The lowest BCUT2D eigenvalue weighted by atomic mass is 9.82. The van der Waals surface area contributed by atoms with Gasteiger partial charge in [-0.3, -0.25) is 0 Å². The number of ether oxygens (including phenoxy) is 2. The van der Waals surface area contributed by atoms with Crippen LogP contribution in [0, 0.1) is 5.41 Å². The molecule has 24 heavy (non-hydrogen) atoms. The second kappa shape index (κ2) is 6.86. The van der Waals surface area contributed by atoms with Crippen molar-refractivity contribution in [2.24, 2.45) is 5.41 Å². The summed E-state index contributed by atoms with van der Waals surface area (Å²) in [5, 5.41) is 0. The fourth-order valence-corrected chi connectivity index (χ4v) is 3.90. The third kappa shape index (κ3) is 3.57. The number of fused-ring (bicyclic) bond motifs is 2. The fraction of sp³-hybridized carbons (Fsp3) is 0.429. The predicted molar refractivity (Wildman–Crippen MR) is 95.4 cm³/mol. The highest BCUT2D eigenvalue weighted by Gasteiger charge is 2.41. The molecule has 0 aromatic heterocycles. The van der Waals surface area contributed by atoms with Gasteiger partial charge in [0, 0.05) is 12.0 Å². The maximum Gasteiger partial charge on any atom is 0.120 e. The Morgan fingerprint density at radius 3 is 2.38 bits per heavy atom. The first-order valence-corrected chi connectivity index (χ1v) is 8.93. The third-order valence-electron chi connectivity index (χ3n) is 5.32. The van der Waals surface area contributed by atoms with Crippen LogP contribution in [0.3, 0.4) is 0 Å². The molecule has 0 saturated carbocycles. The van der Waals surface area contributed by atoms with Crippen LogP contribution in [0.15, 0.2) is 54.6 Å². The molecule has 4 rings (SSSR count). The molecule has 2 fully saturated rings. The van der Waals surface area contributed by atoms with Crippen molar-refractivity contribution in [2.45, 2.75) is 25.9 Å². The van der Waals surface area contributed by atoms with Crippen LogP contribution in [0.1, 0.15) is 24.8 Å². The summed E-state index contributed by atoms with van der Waals surface area (Å²) < 4.78 is 11.9. The Morgan fingerprint density at radius 2 is 1.58 bits per heavy atom. The quantitative estimate of drug-likeness (QED) is 0.798. The molecule has 0 spiro atoms. The van der Waals surface area contributed by atoms with E-state index in [0.717, 1.165) is 18.1 Å². The summed E-state index contributed by atoms with van der Waals surface area (Å²) in [4.78, 5) is 2.58. The number of rotatable bonds is 6. The average Bonchev–Trinajstić information content (AvgIpc) is 2.94. The summed E-state index contributed by atoms with van der Waals surface area (Å²) >= 11 is 0. The second-order valence-corrected chi connectivity index (χ2v) is 7.16. The highest BCUT2D eigenvalue weighted by Crippen LogP contribution is 2.39. The SMILES string of the molecule is c1ccc(COc2ccc(OCC34CCCN(CC3)C4)cc2)cc1. The predicted octanol–water partition coefficient (Wildman–Crippen LogP) is 4.13. The molecule has 0 amide bonds. The first-order chi connectivity index (χ1) is 11.8. The van der Waals surface area contributed by atoms with E-state index in [9.17, 15) is 0 Å². The monoisotopic (exact) mass is 323 g/mol. The maximum atomic E-state index is 6.10. The van der Waals surface area contributed by atoms with E-state index in [1.807, 2.05) is 42.5 Å². The van der Waals surface area contributed by atoms with Gasteiger partial charge in [-0.2, -0.15) is 0 Å². The Morgan fingerprint density at radius 1 is 0.833 bits per heavy atom. The van der Waals surface area contributed by atoms with Crippen molar-refractivity contribution in [3.8, 4) is 11.5 Å². The van der Waals surface area contributed by atoms with E-state index in [2.05, 4.69) is 17.0 Å². The number of hydrogen-bond donors (Lipinski definition) is 0. The lowest BCUT2D eigenvalue weighted by Gasteiger charge is -2.33. The van der Waals surface area contributed by atoms with Crippen LogP contribution in [0.5, 0.6) is 11.5 Å². The zero-order valence-corrected chi connectivity index (χ0v) is 14.1. The van der Waals surface area contributed by atoms with Crippen LogP contribution in [0.2, 0.25) is 0 Å². The molecular formula is C21H25NO2. The van der Waals surface area contributed by atoms with Gasteiger partial charge in [0.1, 0.15) is 18.1 Å². The number of piperidine rings is 1. The molecule has 3 heteroatoms. The van der Waals surface area contributed by atoms with E-state index in [4.69, 9.17) is 9.47 Å². The van der Waals surface area contributed by atoms with Gasteiger partial charge in [-0.15, -0.1) is 0 Å². The van der Waals surface area contributed by atoms with Crippen LogP contribution < -0.4 is 9.47 Å². The standard InChI is InChI=1S/C21H25NO2/c1-2-5-18(6-3-1)15-23-19-7-9-20(10-8-19)24-17-21-11-4-13-22(16-21)14-12-21/h1-3,5-10H,4,11-17H2. The Hall–Kier alpha value is -2.00. The summed E-state index contributed by atoms with van der Waals surface area (Å²) in [6.07, 6.45) is 3.91. The van der Waals surface area contributed by atoms with E-state index in [1.54, 1.807) is 0 Å². The summed E-state index contributed by atoms with van der Waals surface area (Å²) in [5.41, 5.74) is 1.57. The molecule has 0 aliphatic carbocycles. The van der Waals surface area contributed by atoms with Crippen LogP contribution in [0.25, 0.3) is 0 Å². The van der Waals surface area contributed by atoms with E-state index in [-0.39, 0.29) is 0 Å². The lowest BCUT2D eigenvalue weighted by Crippen LogP contribution is -2.37. The van der Waals surface area contributed by atoms with Gasteiger partial charge in [-0.1, -0.05) is 30.3 Å². The van der Waals surface area contributed by atoms with Gasteiger partial charge in [-0.25, -0.2) is 0 Å². The topological polar surface area (TPSA) is 21.7 Å². The van der Waals surface area contributed by atoms with Crippen molar-refractivity contribution in [3.05, 3.63) is 60.2 Å². The number of benzene rings is 2. The van der Waals surface area contributed by atoms with Crippen LogP contribution in [0.4, 0.5) is 0 Å². The maximum absolute atomic E-state index is 6.10. The van der Waals surface area contributed by atoms with E-state index >= 15 is 0 Å². The van der Waals surface area contributed by atoms with Crippen molar-refractivity contribution >= 4 is 0 Å². The molecule has 2 saturated heterocycles. The first-order valence-electron chi connectivity index (χ1n) is 8.93. The minimum absolute atomic E-state index is 0.390. The van der Waals surface area contributed by atoms with Gasteiger partial charge < -0.3 is 14.4 Å². The molecule has 3 nitrogen and oxygen atoms in total. The Labute approximate surface area is 144 Å². The summed E-state index contributed by atoms with van der Waals surface area (Å²) in [7, 11) is 0. The third-order valence-corrected chi connectivity index (χ3v) is 5.32. The van der Waals surface area contributed by atoms with Crippen molar-refractivity contribution in [3.63, 3.8) is 0 Å². The Bertz CT molecular complexity index is 651. The summed E-state index contributed by atoms with van der Waals surface area (Å²) in [6, 6.07) is 18.3. The Kier molecular flexibility index (Phi) is 4.44. The van der Waals surface area contributed by atoms with Crippen molar-refractivity contribution in [2.75, 3.05) is 26.2 Å². The molecule has 2 aromatic rings. The highest BCUT2D eigenvalue weighted by atomic mass is 16.5.